The van der Waals surface area contributed by atoms with E-state index in [4.69, 9.17) is 9.26 Å². The van der Waals surface area contributed by atoms with Crippen molar-refractivity contribution in [1.82, 2.24) is 14.8 Å². The SMILES string of the molecule is C[C@H]1CC[C@H](c2ccccc2)S(=O)(=O)N1Cc1cc(F)c(C2(NC(=O)Cc3ccon3)CCOCC2)cc1F. The average molecular weight is 560 g/mol. The Bertz CT molecular complexity index is 1410. The minimum Gasteiger partial charge on any atom is -0.381 e. The molecule has 2 fully saturated rings. The topological polar surface area (TPSA) is 102 Å². The second-order valence-corrected chi connectivity index (χ2v) is 12.3. The molecule has 0 saturated carbocycles. The Hall–Kier alpha value is -3.15. The second kappa shape index (κ2) is 11.1. The van der Waals surface area contributed by atoms with Crippen molar-refractivity contribution in [2.45, 2.75) is 62.4 Å². The molecule has 0 spiro atoms. The van der Waals surface area contributed by atoms with Gasteiger partial charge in [0.1, 0.15) is 23.1 Å². The lowest BCUT2D eigenvalue weighted by Gasteiger charge is -2.39. The first-order chi connectivity index (χ1) is 18.7. The van der Waals surface area contributed by atoms with E-state index < -0.39 is 38.4 Å². The van der Waals surface area contributed by atoms with Crippen LogP contribution in [0.5, 0.6) is 0 Å². The maximum atomic E-state index is 15.7. The zero-order valence-electron chi connectivity index (χ0n) is 21.6. The van der Waals surface area contributed by atoms with Gasteiger partial charge >= 0.3 is 0 Å². The van der Waals surface area contributed by atoms with Crippen LogP contribution in [0.2, 0.25) is 0 Å². The summed E-state index contributed by atoms with van der Waals surface area (Å²) in [5.41, 5.74) is -0.124. The predicted molar refractivity (Wildman–Crippen MR) is 139 cm³/mol. The van der Waals surface area contributed by atoms with Crippen LogP contribution in [0.15, 0.2) is 59.3 Å². The maximum absolute atomic E-state index is 15.7. The van der Waals surface area contributed by atoms with Gasteiger partial charge in [0.25, 0.3) is 0 Å². The molecule has 11 heteroatoms. The number of nitrogens with zero attached hydrogens (tertiary/aromatic N) is 2. The van der Waals surface area contributed by atoms with Crippen molar-refractivity contribution in [3.05, 3.63) is 88.8 Å². The molecule has 8 nitrogen and oxygen atoms in total. The minimum absolute atomic E-state index is 0.0114. The number of hydrogen-bond donors (Lipinski definition) is 1. The molecule has 1 amide bonds. The lowest BCUT2D eigenvalue weighted by Crippen LogP contribution is -2.50. The Morgan fingerprint density at radius 1 is 1.10 bits per heavy atom. The van der Waals surface area contributed by atoms with Crippen LogP contribution in [0.3, 0.4) is 0 Å². The zero-order valence-corrected chi connectivity index (χ0v) is 22.4. The number of halogens is 2. The summed E-state index contributed by atoms with van der Waals surface area (Å²) in [5.74, 6) is -1.85. The van der Waals surface area contributed by atoms with Crippen LogP contribution >= 0.6 is 0 Å². The van der Waals surface area contributed by atoms with Gasteiger partial charge in [-0.1, -0.05) is 35.5 Å². The molecule has 1 N–H and O–H groups in total. The molecule has 2 atom stereocenters. The van der Waals surface area contributed by atoms with Crippen LogP contribution in [0.1, 0.15) is 60.2 Å². The van der Waals surface area contributed by atoms with Crippen molar-refractivity contribution in [2.75, 3.05) is 13.2 Å². The van der Waals surface area contributed by atoms with Gasteiger partial charge in [-0.25, -0.2) is 17.2 Å². The Morgan fingerprint density at radius 3 is 2.54 bits per heavy atom. The van der Waals surface area contributed by atoms with E-state index in [-0.39, 0.29) is 56.2 Å². The van der Waals surface area contributed by atoms with Crippen molar-refractivity contribution < 1.29 is 31.3 Å². The highest BCUT2D eigenvalue weighted by Crippen LogP contribution is 2.39. The summed E-state index contributed by atoms with van der Waals surface area (Å²) in [7, 11) is -3.82. The largest absolute Gasteiger partial charge is 0.381 e. The predicted octanol–water partition coefficient (Wildman–Crippen LogP) is 4.37. The Morgan fingerprint density at radius 2 is 1.85 bits per heavy atom. The van der Waals surface area contributed by atoms with Crippen LogP contribution in [-0.2, 0) is 38.1 Å². The van der Waals surface area contributed by atoms with Gasteiger partial charge in [-0.15, -0.1) is 0 Å². The van der Waals surface area contributed by atoms with E-state index in [2.05, 4.69) is 10.5 Å². The Balaban J connectivity index is 1.42. The summed E-state index contributed by atoms with van der Waals surface area (Å²) < 4.78 is 70.0. The van der Waals surface area contributed by atoms with E-state index in [0.717, 1.165) is 12.1 Å². The summed E-state index contributed by atoms with van der Waals surface area (Å²) in [5, 5.41) is 5.88. The number of ether oxygens (including phenoxy) is 1. The standard InChI is InChI=1S/C28H31F2N3O5S/c1-19-7-8-26(20-5-3-2-4-6-20)39(35,36)33(19)18-21-15-25(30)23(17-24(21)29)28(10-13-37-14-11-28)31-27(34)16-22-9-12-38-32-22/h2-6,9,12,15,17,19,26H,7-8,10-11,13-14,16,18H2,1H3,(H,31,34)/t19-,26+/m0/s1. The number of amides is 1. The first-order valence-electron chi connectivity index (χ1n) is 13.0. The van der Waals surface area contributed by atoms with E-state index in [0.29, 0.717) is 24.1 Å². The van der Waals surface area contributed by atoms with E-state index in [1.165, 1.54) is 10.6 Å². The Labute approximate surface area is 226 Å². The number of carbonyl (C=O) groups is 1. The van der Waals surface area contributed by atoms with Crippen molar-refractivity contribution in [3.8, 4) is 0 Å². The monoisotopic (exact) mass is 559 g/mol. The highest BCUT2D eigenvalue weighted by Gasteiger charge is 2.42. The molecule has 39 heavy (non-hydrogen) atoms. The van der Waals surface area contributed by atoms with Gasteiger partial charge in [-0.2, -0.15) is 4.31 Å². The third-order valence-electron chi connectivity index (χ3n) is 7.73. The smallest absolute Gasteiger partial charge is 0.226 e. The van der Waals surface area contributed by atoms with Gasteiger partial charge < -0.3 is 14.6 Å². The normalized spacial score (nSPS) is 22.8. The van der Waals surface area contributed by atoms with Gasteiger partial charge in [-0.3, -0.25) is 4.79 Å². The summed E-state index contributed by atoms with van der Waals surface area (Å²) in [6, 6.07) is 12.3. The zero-order chi connectivity index (χ0) is 27.6. The van der Waals surface area contributed by atoms with Crippen molar-refractivity contribution in [1.29, 1.82) is 0 Å². The summed E-state index contributed by atoms with van der Waals surface area (Å²) in [6.07, 6.45) is 2.84. The van der Waals surface area contributed by atoms with Crippen LogP contribution in [0.25, 0.3) is 0 Å². The second-order valence-electron chi connectivity index (χ2n) is 10.2. The average Bonchev–Trinajstić information content (AvgIpc) is 3.42. The van der Waals surface area contributed by atoms with Gasteiger partial charge in [0.2, 0.25) is 15.9 Å². The molecule has 3 aromatic rings. The summed E-state index contributed by atoms with van der Waals surface area (Å²) in [4.78, 5) is 12.8. The van der Waals surface area contributed by atoms with Crippen LogP contribution < -0.4 is 5.32 Å². The van der Waals surface area contributed by atoms with Crippen molar-refractivity contribution in [2.24, 2.45) is 0 Å². The molecule has 5 rings (SSSR count). The fourth-order valence-electron chi connectivity index (χ4n) is 5.58. The molecule has 0 bridgehead atoms. The Kier molecular flexibility index (Phi) is 7.84. The minimum atomic E-state index is -3.82. The quantitative estimate of drug-likeness (QED) is 0.461. The van der Waals surface area contributed by atoms with Gasteiger partial charge in [0.05, 0.1) is 17.7 Å². The fraction of sp³-hybridized carbons (Fsp3) is 0.429. The van der Waals surface area contributed by atoms with Gasteiger partial charge in [0.15, 0.2) is 0 Å². The molecule has 1 aromatic heterocycles. The van der Waals surface area contributed by atoms with Gasteiger partial charge in [-0.05, 0) is 50.3 Å². The van der Waals surface area contributed by atoms with Crippen LogP contribution in [0, 0.1) is 11.6 Å². The first kappa shape index (κ1) is 27.4. The lowest BCUT2D eigenvalue weighted by atomic mass is 9.81. The number of rotatable bonds is 7. The van der Waals surface area contributed by atoms with Gasteiger partial charge in [0, 0.05) is 43.0 Å². The number of aromatic nitrogens is 1. The van der Waals surface area contributed by atoms with E-state index >= 15 is 8.78 Å². The number of nitrogens with one attached hydrogen (secondary N) is 1. The first-order valence-corrected chi connectivity index (χ1v) is 14.5. The number of carbonyl (C=O) groups excluding carboxylic acids is 1. The third kappa shape index (κ3) is 5.61. The molecular formula is C28H31F2N3O5S. The molecule has 0 radical (unpaired) electrons. The van der Waals surface area contributed by atoms with Crippen LogP contribution in [0.4, 0.5) is 8.78 Å². The van der Waals surface area contributed by atoms with Crippen molar-refractivity contribution in [3.63, 3.8) is 0 Å². The summed E-state index contributed by atoms with van der Waals surface area (Å²) >= 11 is 0. The van der Waals surface area contributed by atoms with Crippen LogP contribution in [-0.4, -0.2) is 43.0 Å². The number of sulfonamides is 1. The molecule has 2 aromatic carbocycles. The van der Waals surface area contributed by atoms with E-state index in [9.17, 15) is 13.2 Å². The highest BCUT2D eigenvalue weighted by molar-refractivity contribution is 7.89. The van der Waals surface area contributed by atoms with E-state index in [1.807, 2.05) is 6.07 Å². The third-order valence-corrected chi connectivity index (χ3v) is 10.1. The van der Waals surface area contributed by atoms with Crippen molar-refractivity contribution >= 4 is 15.9 Å². The molecule has 2 aliphatic heterocycles. The molecule has 0 aliphatic carbocycles. The molecule has 3 heterocycles. The summed E-state index contributed by atoms with van der Waals surface area (Å²) in [6.45, 7) is 2.02. The number of hydrogen-bond acceptors (Lipinski definition) is 6. The molecule has 208 valence electrons. The van der Waals surface area contributed by atoms with E-state index in [1.54, 1.807) is 37.3 Å². The number of benzene rings is 2. The highest BCUT2D eigenvalue weighted by atomic mass is 32.2. The molecule has 2 aliphatic rings. The fourth-order valence-corrected chi connectivity index (χ4v) is 7.77. The maximum Gasteiger partial charge on any atom is 0.226 e. The lowest BCUT2D eigenvalue weighted by molar-refractivity contribution is -0.124. The molecule has 0 unspecified atom stereocenters. The molecule has 2 saturated heterocycles. The molecular weight excluding hydrogens is 528 g/mol.